The molecule has 0 radical (unpaired) electrons. The lowest BCUT2D eigenvalue weighted by Crippen LogP contribution is -2.15. The SMILES string of the molecule is CCCCC(C)(C)Cc1ccnnc1. The molecule has 0 bridgehead atoms. The van der Waals surface area contributed by atoms with E-state index in [4.69, 9.17) is 0 Å². The molecule has 0 saturated heterocycles. The first-order chi connectivity index (χ1) is 6.64. The van der Waals surface area contributed by atoms with Gasteiger partial charge in [-0.1, -0.05) is 33.6 Å². The van der Waals surface area contributed by atoms with E-state index in [2.05, 4.69) is 37.0 Å². The van der Waals surface area contributed by atoms with Gasteiger partial charge >= 0.3 is 0 Å². The Morgan fingerprint density at radius 1 is 1.29 bits per heavy atom. The third-order valence-electron chi connectivity index (χ3n) is 2.54. The molecule has 1 rings (SSSR count). The third-order valence-corrected chi connectivity index (χ3v) is 2.54. The summed E-state index contributed by atoms with van der Waals surface area (Å²) in [7, 11) is 0. The minimum atomic E-state index is 0.388. The van der Waals surface area contributed by atoms with Crippen molar-refractivity contribution in [2.75, 3.05) is 0 Å². The maximum Gasteiger partial charge on any atom is 0.0528 e. The van der Waals surface area contributed by atoms with Crippen LogP contribution < -0.4 is 0 Å². The molecule has 0 aliphatic rings. The number of hydrogen-bond acceptors (Lipinski definition) is 2. The predicted molar refractivity (Wildman–Crippen MR) is 59.0 cm³/mol. The normalized spacial score (nSPS) is 11.6. The maximum atomic E-state index is 3.90. The molecule has 0 spiro atoms. The molecule has 1 aromatic rings. The van der Waals surface area contributed by atoms with Gasteiger partial charge in [0, 0.05) is 6.20 Å². The second kappa shape index (κ2) is 5.08. The summed E-state index contributed by atoms with van der Waals surface area (Å²) in [6, 6.07) is 2.06. The molecule has 1 heterocycles. The first-order valence-corrected chi connectivity index (χ1v) is 5.39. The molecular weight excluding hydrogens is 172 g/mol. The fourth-order valence-corrected chi connectivity index (χ4v) is 1.72. The Labute approximate surface area is 86.8 Å². The summed E-state index contributed by atoms with van der Waals surface area (Å²) in [4.78, 5) is 0. The summed E-state index contributed by atoms with van der Waals surface area (Å²) in [6.07, 6.45) is 8.61. The zero-order valence-electron chi connectivity index (χ0n) is 9.45. The fourth-order valence-electron chi connectivity index (χ4n) is 1.72. The highest BCUT2D eigenvalue weighted by Crippen LogP contribution is 2.27. The monoisotopic (exact) mass is 192 g/mol. The molecule has 0 atom stereocenters. The van der Waals surface area contributed by atoms with Crippen LogP contribution in [0.25, 0.3) is 0 Å². The number of nitrogens with zero attached hydrogens (tertiary/aromatic N) is 2. The largest absolute Gasteiger partial charge is 0.159 e. The molecule has 2 nitrogen and oxygen atoms in total. The van der Waals surface area contributed by atoms with Gasteiger partial charge in [-0.05, 0) is 29.9 Å². The lowest BCUT2D eigenvalue weighted by atomic mass is 9.82. The summed E-state index contributed by atoms with van der Waals surface area (Å²) >= 11 is 0. The van der Waals surface area contributed by atoms with Crippen LogP contribution in [0.3, 0.4) is 0 Å². The van der Waals surface area contributed by atoms with Gasteiger partial charge in [-0.25, -0.2) is 0 Å². The molecule has 0 fully saturated rings. The first-order valence-electron chi connectivity index (χ1n) is 5.39. The topological polar surface area (TPSA) is 25.8 Å². The lowest BCUT2D eigenvalue weighted by molar-refractivity contribution is 0.321. The van der Waals surface area contributed by atoms with Gasteiger partial charge in [-0.3, -0.25) is 0 Å². The molecule has 2 heteroatoms. The van der Waals surface area contributed by atoms with Crippen LogP contribution in [0, 0.1) is 5.41 Å². The van der Waals surface area contributed by atoms with E-state index in [1.807, 2.05) is 6.20 Å². The van der Waals surface area contributed by atoms with Crippen molar-refractivity contribution in [1.29, 1.82) is 0 Å². The zero-order valence-corrected chi connectivity index (χ0v) is 9.45. The second-order valence-electron chi connectivity index (χ2n) is 4.70. The average Bonchev–Trinajstić information content (AvgIpc) is 2.16. The van der Waals surface area contributed by atoms with E-state index in [-0.39, 0.29) is 0 Å². The Bertz CT molecular complexity index is 254. The van der Waals surface area contributed by atoms with E-state index < -0.39 is 0 Å². The smallest absolute Gasteiger partial charge is 0.0528 e. The van der Waals surface area contributed by atoms with Gasteiger partial charge in [-0.2, -0.15) is 10.2 Å². The minimum Gasteiger partial charge on any atom is -0.159 e. The molecular formula is C12H20N2. The molecule has 0 aliphatic carbocycles. The molecule has 0 saturated carbocycles. The summed E-state index contributed by atoms with van der Waals surface area (Å²) in [6.45, 7) is 6.89. The van der Waals surface area contributed by atoms with E-state index in [0.29, 0.717) is 5.41 Å². The van der Waals surface area contributed by atoms with Crippen LogP contribution in [0.1, 0.15) is 45.6 Å². The highest BCUT2D eigenvalue weighted by molar-refractivity contribution is 5.07. The second-order valence-corrected chi connectivity index (χ2v) is 4.70. The summed E-state index contributed by atoms with van der Waals surface area (Å²) < 4.78 is 0. The summed E-state index contributed by atoms with van der Waals surface area (Å²) in [5.41, 5.74) is 1.68. The number of unbranched alkanes of at least 4 members (excludes halogenated alkanes) is 1. The molecule has 1 aromatic heterocycles. The number of aromatic nitrogens is 2. The highest BCUT2D eigenvalue weighted by atomic mass is 15.1. The van der Waals surface area contributed by atoms with Crippen molar-refractivity contribution in [1.82, 2.24) is 10.2 Å². The van der Waals surface area contributed by atoms with Crippen molar-refractivity contribution in [3.8, 4) is 0 Å². The Morgan fingerprint density at radius 3 is 2.64 bits per heavy atom. The van der Waals surface area contributed by atoms with Crippen LogP contribution in [-0.2, 0) is 6.42 Å². The van der Waals surface area contributed by atoms with Gasteiger partial charge in [0.05, 0.1) is 6.20 Å². The van der Waals surface area contributed by atoms with Crippen LogP contribution in [0.15, 0.2) is 18.5 Å². The number of rotatable bonds is 5. The van der Waals surface area contributed by atoms with Gasteiger partial charge in [0.1, 0.15) is 0 Å². The third kappa shape index (κ3) is 3.86. The quantitative estimate of drug-likeness (QED) is 0.715. The van der Waals surface area contributed by atoms with Crippen molar-refractivity contribution in [3.05, 3.63) is 24.0 Å². The van der Waals surface area contributed by atoms with Crippen LogP contribution in [-0.4, -0.2) is 10.2 Å². The molecule has 78 valence electrons. The van der Waals surface area contributed by atoms with Crippen LogP contribution >= 0.6 is 0 Å². The summed E-state index contributed by atoms with van der Waals surface area (Å²) in [5.74, 6) is 0. The van der Waals surface area contributed by atoms with E-state index >= 15 is 0 Å². The van der Waals surface area contributed by atoms with Gasteiger partial charge in [0.15, 0.2) is 0 Å². The highest BCUT2D eigenvalue weighted by Gasteiger charge is 2.17. The zero-order chi connectivity index (χ0) is 10.4. The molecule has 0 aliphatic heterocycles. The van der Waals surface area contributed by atoms with E-state index in [9.17, 15) is 0 Å². The number of hydrogen-bond donors (Lipinski definition) is 0. The molecule has 0 amide bonds. The van der Waals surface area contributed by atoms with Crippen molar-refractivity contribution in [2.45, 2.75) is 46.5 Å². The molecule has 14 heavy (non-hydrogen) atoms. The summed E-state index contributed by atoms with van der Waals surface area (Å²) in [5, 5.41) is 7.69. The Balaban J connectivity index is 2.50. The molecule has 0 aromatic carbocycles. The van der Waals surface area contributed by atoms with Crippen LogP contribution in [0.5, 0.6) is 0 Å². The van der Waals surface area contributed by atoms with E-state index in [1.165, 1.54) is 24.8 Å². The van der Waals surface area contributed by atoms with E-state index in [0.717, 1.165) is 6.42 Å². The van der Waals surface area contributed by atoms with Crippen molar-refractivity contribution in [2.24, 2.45) is 5.41 Å². The standard InChI is InChI=1S/C12H20N2/c1-4-5-7-12(2,3)9-11-6-8-13-14-10-11/h6,8,10H,4-5,7,9H2,1-3H3. The molecule has 0 N–H and O–H groups in total. The van der Waals surface area contributed by atoms with Gasteiger partial charge in [0.2, 0.25) is 0 Å². The van der Waals surface area contributed by atoms with Crippen LogP contribution in [0.4, 0.5) is 0 Å². The Kier molecular flexibility index (Phi) is 4.05. The van der Waals surface area contributed by atoms with Crippen molar-refractivity contribution >= 4 is 0 Å². The fraction of sp³-hybridized carbons (Fsp3) is 0.667. The first kappa shape index (κ1) is 11.2. The van der Waals surface area contributed by atoms with Crippen molar-refractivity contribution < 1.29 is 0 Å². The Hall–Kier alpha value is -0.920. The van der Waals surface area contributed by atoms with E-state index in [1.54, 1.807) is 6.20 Å². The van der Waals surface area contributed by atoms with Gasteiger partial charge in [0.25, 0.3) is 0 Å². The molecule has 0 unspecified atom stereocenters. The van der Waals surface area contributed by atoms with Crippen LogP contribution in [0.2, 0.25) is 0 Å². The van der Waals surface area contributed by atoms with Gasteiger partial charge in [-0.15, -0.1) is 0 Å². The minimum absolute atomic E-state index is 0.388. The van der Waals surface area contributed by atoms with Gasteiger partial charge < -0.3 is 0 Å². The Morgan fingerprint density at radius 2 is 2.07 bits per heavy atom. The average molecular weight is 192 g/mol. The maximum absolute atomic E-state index is 3.90. The van der Waals surface area contributed by atoms with Crippen molar-refractivity contribution in [3.63, 3.8) is 0 Å². The lowest BCUT2D eigenvalue weighted by Gasteiger charge is -2.24. The predicted octanol–water partition coefficient (Wildman–Crippen LogP) is 3.24.